The molecule has 0 radical (unpaired) electrons. The number of nitrogens with one attached hydrogen (secondary N) is 2. The van der Waals surface area contributed by atoms with Crippen LogP contribution in [0.1, 0.15) is 44.6 Å². The van der Waals surface area contributed by atoms with Crippen LogP contribution in [-0.2, 0) is 11.3 Å². The van der Waals surface area contributed by atoms with Crippen molar-refractivity contribution in [1.29, 1.82) is 0 Å². The van der Waals surface area contributed by atoms with Gasteiger partial charge in [0.25, 0.3) is 0 Å². The zero-order chi connectivity index (χ0) is 18.6. The van der Waals surface area contributed by atoms with Crippen LogP contribution in [0.2, 0.25) is 0 Å². The van der Waals surface area contributed by atoms with E-state index in [0.717, 1.165) is 62.0 Å². The molecule has 1 saturated carbocycles. The van der Waals surface area contributed by atoms with Gasteiger partial charge >= 0.3 is 0 Å². The van der Waals surface area contributed by atoms with Gasteiger partial charge in [0.15, 0.2) is 17.5 Å². The van der Waals surface area contributed by atoms with E-state index < -0.39 is 0 Å². The molecule has 0 heterocycles. The molecule has 26 heavy (non-hydrogen) atoms. The quantitative estimate of drug-likeness (QED) is 0.380. The Bertz CT molecular complexity index is 557. The SMILES string of the molecule is CCNC(=NCc1ccc(OC2CCCC2)c(OC)c1)NCCCOC. The summed E-state index contributed by atoms with van der Waals surface area (Å²) in [4.78, 5) is 4.65. The molecule has 0 aliphatic heterocycles. The van der Waals surface area contributed by atoms with Gasteiger partial charge in [-0.1, -0.05) is 6.07 Å². The highest BCUT2D eigenvalue weighted by Gasteiger charge is 2.18. The Morgan fingerprint density at radius 2 is 1.96 bits per heavy atom. The fraction of sp³-hybridized carbons (Fsp3) is 0.650. The third-order valence-corrected chi connectivity index (χ3v) is 4.41. The smallest absolute Gasteiger partial charge is 0.191 e. The van der Waals surface area contributed by atoms with Crippen LogP contribution >= 0.6 is 0 Å². The predicted molar refractivity (Wildman–Crippen MR) is 105 cm³/mol. The van der Waals surface area contributed by atoms with Crippen molar-refractivity contribution in [2.45, 2.75) is 51.7 Å². The lowest BCUT2D eigenvalue weighted by Gasteiger charge is -2.16. The third kappa shape index (κ3) is 6.75. The van der Waals surface area contributed by atoms with Gasteiger partial charge in [-0.3, -0.25) is 0 Å². The van der Waals surface area contributed by atoms with Crippen LogP contribution in [0.3, 0.4) is 0 Å². The highest BCUT2D eigenvalue weighted by molar-refractivity contribution is 5.79. The Morgan fingerprint density at radius 1 is 1.15 bits per heavy atom. The first kappa shape index (κ1) is 20.4. The van der Waals surface area contributed by atoms with E-state index in [0.29, 0.717) is 12.6 Å². The Kier molecular flexibility index (Phi) is 9.10. The molecule has 6 nitrogen and oxygen atoms in total. The fourth-order valence-electron chi connectivity index (χ4n) is 3.03. The minimum atomic E-state index is 0.324. The molecule has 1 aromatic rings. The lowest BCUT2D eigenvalue weighted by atomic mass is 10.2. The molecule has 0 unspecified atom stereocenters. The molecule has 0 atom stereocenters. The van der Waals surface area contributed by atoms with Crippen molar-refractivity contribution in [3.8, 4) is 11.5 Å². The van der Waals surface area contributed by atoms with Crippen molar-refractivity contribution in [3.63, 3.8) is 0 Å². The summed E-state index contributed by atoms with van der Waals surface area (Å²) in [6, 6.07) is 6.08. The largest absolute Gasteiger partial charge is 0.493 e. The molecule has 1 fully saturated rings. The summed E-state index contributed by atoms with van der Waals surface area (Å²) in [6.45, 7) is 5.04. The van der Waals surface area contributed by atoms with Crippen LogP contribution in [0.5, 0.6) is 11.5 Å². The molecule has 6 heteroatoms. The number of methoxy groups -OCH3 is 2. The van der Waals surface area contributed by atoms with E-state index in [2.05, 4.69) is 28.6 Å². The highest BCUT2D eigenvalue weighted by Crippen LogP contribution is 2.32. The van der Waals surface area contributed by atoms with Crippen LogP contribution in [-0.4, -0.2) is 46.0 Å². The molecule has 0 saturated heterocycles. The molecule has 0 spiro atoms. The number of rotatable bonds is 10. The molecule has 1 aliphatic carbocycles. The summed E-state index contributed by atoms with van der Waals surface area (Å²) in [6.07, 6.45) is 6.05. The molecular formula is C20H33N3O3. The second-order valence-corrected chi connectivity index (χ2v) is 6.48. The van der Waals surface area contributed by atoms with Gasteiger partial charge in [0.05, 0.1) is 19.8 Å². The van der Waals surface area contributed by atoms with Gasteiger partial charge in [-0.05, 0) is 56.7 Å². The summed E-state index contributed by atoms with van der Waals surface area (Å²) in [7, 11) is 3.40. The summed E-state index contributed by atoms with van der Waals surface area (Å²) in [5.41, 5.74) is 1.09. The monoisotopic (exact) mass is 363 g/mol. The van der Waals surface area contributed by atoms with E-state index >= 15 is 0 Å². The molecular weight excluding hydrogens is 330 g/mol. The number of aliphatic imine (C=N–C) groups is 1. The second kappa shape index (κ2) is 11.6. The molecule has 0 amide bonds. The first-order valence-electron chi connectivity index (χ1n) is 9.61. The Hall–Kier alpha value is -1.95. The number of hydrogen-bond donors (Lipinski definition) is 2. The van der Waals surface area contributed by atoms with Crippen molar-refractivity contribution in [3.05, 3.63) is 23.8 Å². The average Bonchev–Trinajstić information content (AvgIpc) is 3.17. The summed E-state index contributed by atoms with van der Waals surface area (Å²) in [5, 5.41) is 6.58. The zero-order valence-electron chi connectivity index (χ0n) is 16.3. The summed E-state index contributed by atoms with van der Waals surface area (Å²) < 4.78 is 16.7. The van der Waals surface area contributed by atoms with Gasteiger partial charge in [-0.2, -0.15) is 0 Å². The van der Waals surface area contributed by atoms with Gasteiger partial charge in [0, 0.05) is 26.8 Å². The maximum atomic E-state index is 6.10. The lowest BCUT2D eigenvalue weighted by Crippen LogP contribution is -2.38. The zero-order valence-corrected chi connectivity index (χ0v) is 16.3. The topological polar surface area (TPSA) is 64.1 Å². The second-order valence-electron chi connectivity index (χ2n) is 6.48. The molecule has 1 aliphatic rings. The van der Waals surface area contributed by atoms with Crippen molar-refractivity contribution < 1.29 is 14.2 Å². The van der Waals surface area contributed by atoms with E-state index in [1.807, 2.05) is 12.1 Å². The number of nitrogens with zero attached hydrogens (tertiary/aromatic N) is 1. The van der Waals surface area contributed by atoms with Crippen molar-refractivity contribution in [2.75, 3.05) is 33.9 Å². The number of benzene rings is 1. The first-order chi connectivity index (χ1) is 12.8. The lowest BCUT2D eigenvalue weighted by molar-refractivity contribution is 0.195. The fourth-order valence-corrected chi connectivity index (χ4v) is 3.03. The van der Waals surface area contributed by atoms with Crippen LogP contribution < -0.4 is 20.1 Å². The standard InChI is InChI=1S/C20H33N3O3/c1-4-21-20(22-12-7-13-24-2)23-15-16-10-11-18(19(14-16)25-3)26-17-8-5-6-9-17/h10-11,14,17H,4-9,12-13,15H2,1-3H3,(H2,21,22,23). The molecule has 0 bridgehead atoms. The van der Waals surface area contributed by atoms with Crippen LogP contribution in [0, 0.1) is 0 Å². The number of ether oxygens (including phenoxy) is 3. The molecule has 0 aromatic heterocycles. The normalized spacial score (nSPS) is 15.1. The number of hydrogen-bond acceptors (Lipinski definition) is 4. The van der Waals surface area contributed by atoms with E-state index in [1.165, 1.54) is 12.8 Å². The van der Waals surface area contributed by atoms with Gasteiger partial charge in [-0.25, -0.2) is 4.99 Å². The van der Waals surface area contributed by atoms with E-state index in [9.17, 15) is 0 Å². The molecule has 146 valence electrons. The molecule has 2 N–H and O–H groups in total. The van der Waals surface area contributed by atoms with Gasteiger partial charge in [0.2, 0.25) is 0 Å². The third-order valence-electron chi connectivity index (χ3n) is 4.41. The van der Waals surface area contributed by atoms with Crippen LogP contribution in [0.4, 0.5) is 0 Å². The molecule has 2 rings (SSSR count). The molecule has 1 aromatic carbocycles. The number of guanidine groups is 1. The van der Waals surface area contributed by atoms with Crippen molar-refractivity contribution >= 4 is 5.96 Å². The average molecular weight is 364 g/mol. The maximum Gasteiger partial charge on any atom is 0.191 e. The van der Waals surface area contributed by atoms with Gasteiger partial charge in [0.1, 0.15) is 0 Å². The maximum absolute atomic E-state index is 6.10. The Labute approximate surface area is 157 Å². The summed E-state index contributed by atoms with van der Waals surface area (Å²) >= 11 is 0. The Morgan fingerprint density at radius 3 is 2.65 bits per heavy atom. The predicted octanol–water partition coefficient (Wildman–Crippen LogP) is 3.11. The minimum Gasteiger partial charge on any atom is -0.493 e. The van der Waals surface area contributed by atoms with E-state index in [1.54, 1.807) is 14.2 Å². The van der Waals surface area contributed by atoms with Crippen molar-refractivity contribution in [2.24, 2.45) is 4.99 Å². The highest BCUT2D eigenvalue weighted by atomic mass is 16.5. The van der Waals surface area contributed by atoms with Crippen molar-refractivity contribution in [1.82, 2.24) is 10.6 Å². The minimum absolute atomic E-state index is 0.324. The van der Waals surface area contributed by atoms with Gasteiger partial charge in [-0.15, -0.1) is 0 Å². The van der Waals surface area contributed by atoms with E-state index in [-0.39, 0.29) is 0 Å². The first-order valence-corrected chi connectivity index (χ1v) is 9.61. The van der Waals surface area contributed by atoms with Crippen LogP contribution in [0.15, 0.2) is 23.2 Å². The van der Waals surface area contributed by atoms with E-state index in [4.69, 9.17) is 14.2 Å². The Balaban J connectivity index is 1.95. The summed E-state index contributed by atoms with van der Waals surface area (Å²) in [5.74, 6) is 2.42. The van der Waals surface area contributed by atoms with Crippen LogP contribution in [0.25, 0.3) is 0 Å². The van der Waals surface area contributed by atoms with Gasteiger partial charge < -0.3 is 24.8 Å².